The van der Waals surface area contributed by atoms with E-state index in [4.69, 9.17) is 11.0 Å². The Hall–Kier alpha value is -4.88. The Balaban J connectivity index is 1.68. The van der Waals surface area contributed by atoms with Crippen LogP contribution in [-0.4, -0.2) is 61.1 Å². The second kappa shape index (κ2) is 15.5. The van der Waals surface area contributed by atoms with Crippen LogP contribution in [-0.2, 0) is 11.2 Å². The molecule has 4 rings (SSSR count). The zero-order valence-electron chi connectivity index (χ0n) is 25.6. The minimum atomic E-state index is -0.534. The predicted octanol–water partition coefficient (Wildman–Crippen LogP) is 5.34. The molecule has 44 heavy (non-hydrogen) atoms. The van der Waals surface area contributed by atoms with Gasteiger partial charge in [-0.15, -0.1) is 0 Å². The number of nitrogens with zero attached hydrogens (tertiary/aromatic N) is 4. The highest BCUT2D eigenvalue weighted by atomic mass is 16.2. The van der Waals surface area contributed by atoms with E-state index in [1.54, 1.807) is 17.2 Å². The number of rotatable bonds is 13. The van der Waals surface area contributed by atoms with Crippen LogP contribution in [0.2, 0.25) is 0 Å². The van der Waals surface area contributed by atoms with Gasteiger partial charge in [-0.05, 0) is 94.6 Å². The van der Waals surface area contributed by atoms with Crippen LogP contribution in [0.25, 0.3) is 0 Å². The number of aromatic nitrogens is 1. The standard InChI is InChI=1S/C34H42N8O2/c1-4-31(43)40-29-17-12-26(21-24-9-6-5-7-10-24)33(32(29)37-19-8-20-41(2)3)42(34(36)44)28-15-13-27(14-16-28)39-30-18-11-25(22-35)23-38-30/h4-7,9-12,17-18,23,27-28,37H,1,8,13-16,19-21H2,2-3H3,(H2,36,44)(H,38,39)(H,40,43). The molecule has 3 amide bonds. The molecule has 0 radical (unpaired) electrons. The van der Waals surface area contributed by atoms with E-state index in [0.717, 1.165) is 55.6 Å². The summed E-state index contributed by atoms with van der Waals surface area (Å²) in [4.78, 5) is 34.0. The minimum absolute atomic E-state index is 0.137. The number of carbonyl (C=O) groups excluding carboxylic acids is 2. The molecule has 10 heteroatoms. The summed E-state index contributed by atoms with van der Waals surface area (Å²) in [5.41, 5.74) is 10.7. The van der Waals surface area contributed by atoms with Crippen LogP contribution in [0.4, 0.5) is 27.7 Å². The van der Waals surface area contributed by atoms with Crippen LogP contribution in [0.3, 0.4) is 0 Å². The normalized spacial score (nSPS) is 16.0. The first-order valence-corrected chi connectivity index (χ1v) is 15.0. The highest BCUT2D eigenvalue weighted by Gasteiger charge is 2.33. The van der Waals surface area contributed by atoms with E-state index in [1.165, 1.54) is 6.08 Å². The lowest BCUT2D eigenvalue weighted by Crippen LogP contribution is -2.47. The molecule has 0 bridgehead atoms. The summed E-state index contributed by atoms with van der Waals surface area (Å²) in [6.45, 7) is 5.13. The number of carbonyl (C=O) groups is 2. The van der Waals surface area contributed by atoms with E-state index >= 15 is 0 Å². The van der Waals surface area contributed by atoms with Gasteiger partial charge < -0.3 is 26.6 Å². The number of nitrogens with one attached hydrogen (secondary N) is 3. The third-order valence-corrected chi connectivity index (χ3v) is 7.81. The van der Waals surface area contributed by atoms with Gasteiger partial charge in [0.1, 0.15) is 11.9 Å². The van der Waals surface area contributed by atoms with Crippen molar-refractivity contribution in [1.82, 2.24) is 9.88 Å². The Morgan fingerprint density at radius 3 is 2.45 bits per heavy atom. The second-order valence-electron chi connectivity index (χ2n) is 11.3. The summed E-state index contributed by atoms with van der Waals surface area (Å²) >= 11 is 0. The van der Waals surface area contributed by atoms with Crippen molar-refractivity contribution in [3.05, 3.63) is 90.1 Å². The van der Waals surface area contributed by atoms with Gasteiger partial charge in [0.15, 0.2) is 0 Å². The lowest BCUT2D eigenvalue weighted by Gasteiger charge is -2.38. The summed E-state index contributed by atoms with van der Waals surface area (Å²) in [7, 11) is 4.05. The number of nitrogens with two attached hydrogens (primary N) is 1. The van der Waals surface area contributed by atoms with Gasteiger partial charge in [-0.3, -0.25) is 9.69 Å². The average Bonchev–Trinajstić information content (AvgIpc) is 3.02. The van der Waals surface area contributed by atoms with Crippen molar-refractivity contribution in [3.8, 4) is 6.07 Å². The highest BCUT2D eigenvalue weighted by Crippen LogP contribution is 2.41. The maximum Gasteiger partial charge on any atom is 0.319 e. The Bertz CT molecular complexity index is 1460. The number of primary amides is 1. The first-order chi connectivity index (χ1) is 21.3. The minimum Gasteiger partial charge on any atom is -0.382 e. The number of amides is 3. The Kier molecular flexibility index (Phi) is 11.3. The van der Waals surface area contributed by atoms with Crippen molar-refractivity contribution in [1.29, 1.82) is 5.26 Å². The van der Waals surface area contributed by atoms with Gasteiger partial charge in [0, 0.05) is 24.8 Å². The van der Waals surface area contributed by atoms with E-state index in [9.17, 15) is 9.59 Å². The number of anilines is 4. The van der Waals surface area contributed by atoms with Crippen molar-refractivity contribution in [3.63, 3.8) is 0 Å². The van der Waals surface area contributed by atoms with E-state index in [2.05, 4.69) is 50.6 Å². The fourth-order valence-corrected chi connectivity index (χ4v) is 5.65. The first kappa shape index (κ1) is 32.0. The van der Waals surface area contributed by atoms with Crippen molar-refractivity contribution in [2.45, 2.75) is 50.6 Å². The molecule has 3 aromatic rings. The topological polar surface area (TPSA) is 139 Å². The van der Waals surface area contributed by atoms with Crippen LogP contribution < -0.4 is 26.6 Å². The third-order valence-electron chi connectivity index (χ3n) is 7.81. The zero-order chi connectivity index (χ0) is 31.5. The zero-order valence-corrected chi connectivity index (χ0v) is 25.6. The molecule has 1 aliphatic rings. The van der Waals surface area contributed by atoms with Crippen LogP contribution >= 0.6 is 0 Å². The fourth-order valence-electron chi connectivity index (χ4n) is 5.65. The van der Waals surface area contributed by atoms with Crippen LogP contribution in [0.15, 0.2) is 73.4 Å². The molecule has 1 fully saturated rings. The number of pyridine rings is 1. The van der Waals surface area contributed by atoms with Gasteiger partial charge in [0.05, 0.1) is 22.6 Å². The SMILES string of the molecule is C=CC(=O)Nc1ccc(Cc2ccccc2)c(N(C(N)=O)C2CCC(Nc3ccc(C#N)cn3)CC2)c1NCCCN(C)C. The summed E-state index contributed by atoms with van der Waals surface area (Å²) in [5, 5.41) is 19.0. The molecule has 1 aromatic heterocycles. The summed E-state index contributed by atoms with van der Waals surface area (Å²) in [6.07, 6.45) is 7.31. The van der Waals surface area contributed by atoms with Gasteiger partial charge >= 0.3 is 6.03 Å². The third kappa shape index (κ3) is 8.58. The fraction of sp³-hybridized carbons (Fsp3) is 0.353. The predicted molar refractivity (Wildman–Crippen MR) is 177 cm³/mol. The number of benzene rings is 2. The molecule has 10 nitrogen and oxygen atoms in total. The number of nitriles is 1. The van der Waals surface area contributed by atoms with E-state index < -0.39 is 6.03 Å². The summed E-state index contributed by atoms with van der Waals surface area (Å²) in [5.74, 6) is 0.385. The van der Waals surface area contributed by atoms with Gasteiger partial charge in [0.25, 0.3) is 0 Å². The smallest absolute Gasteiger partial charge is 0.319 e. The molecule has 5 N–H and O–H groups in total. The molecule has 1 saturated carbocycles. The maximum absolute atomic E-state index is 13.4. The molecule has 0 saturated heterocycles. The lowest BCUT2D eigenvalue weighted by atomic mass is 9.89. The molecule has 2 aromatic carbocycles. The van der Waals surface area contributed by atoms with E-state index in [-0.39, 0.29) is 18.0 Å². The van der Waals surface area contributed by atoms with Crippen molar-refractivity contribution in [2.75, 3.05) is 48.0 Å². The van der Waals surface area contributed by atoms with Gasteiger partial charge in [-0.2, -0.15) is 5.26 Å². The van der Waals surface area contributed by atoms with Gasteiger partial charge in [0.2, 0.25) is 5.91 Å². The summed E-state index contributed by atoms with van der Waals surface area (Å²) in [6, 6.07) is 19.1. The van der Waals surface area contributed by atoms with Crippen molar-refractivity contribution >= 4 is 34.8 Å². The monoisotopic (exact) mass is 594 g/mol. The number of hydrogen-bond acceptors (Lipinski definition) is 7. The maximum atomic E-state index is 13.4. The molecule has 1 aliphatic carbocycles. The van der Waals surface area contributed by atoms with Crippen LogP contribution in [0.1, 0.15) is 48.8 Å². The number of urea groups is 1. The van der Waals surface area contributed by atoms with E-state index in [0.29, 0.717) is 35.6 Å². The van der Waals surface area contributed by atoms with Crippen LogP contribution in [0.5, 0.6) is 0 Å². The lowest BCUT2D eigenvalue weighted by molar-refractivity contribution is -0.111. The Morgan fingerprint density at radius 1 is 1.09 bits per heavy atom. The molecule has 1 heterocycles. The Morgan fingerprint density at radius 2 is 1.84 bits per heavy atom. The largest absolute Gasteiger partial charge is 0.382 e. The average molecular weight is 595 g/mol. The van der Waals surface area contributed by atoms with Crippen molar-refractivity contribution in [2.24, 2.45) is 5.73 Å². The molecular weight excluding hydrogens is 552 g/mol. The quantitative estimate of drug-likeness (QED) is 0.155. The highest BCUT2D eigenvalue weighted by molar-refractivity contribution is 6.05. The molecule has 230 valence electrons. The summed E-state index contributed by atoms with van der Waals surface area (Å²) < 4.78 is 0. The molecule has 0 atom stereocenters. The Labute approximate surface area is 259 Å². The second-order valence-corrected chi connectivity index (χ2v) is 11.3. The molecular formula is C34H42N8O2. The molecule has 0 aliphatic heterocycles. The molecule has 0 spiro atoms. The first-order valence-electron chi connectivity index (χ1n) is 15.0. The van der Waals surface area contributed by atoms with E-state index in [1.807, 2.05) is 50.5 Å². The van der Waals surface area contributed by atoms with Crippen LogP contribution in [0, 0.1) is 11.3 Å². The van der Waals surface area contributed by atoms with Gasteiger partial charge in [-0.1, -0.05) is 43.0 Å². The number of hydrogen-bond donors (Lipinski definition) is 4. The van der Waals surface area contributed by atoms with Crippen molar-refractivity contribution < 1.29 is 9.59 Å². The molecule has 0 unspecified atom stereocenters. The van der Waals surface area contributed by atoms with Gasteiger partial charge in [-0.25, -0.2) is 9.78 Å².